The highest BCUT2D eigenvalue weighted by atomic mass is 79.9. The molecule has 2 rings (SSSR count). The Morgan fingerprint density at radius 2 is 1.57 bits per heavy atom. The Morgan fingerprint density at radius 1 is 1.00 bits per heavy atom. The van der Waals surface area contributed by atoms with Gasteiger partial charge in [0.2, 0.25) is 5.91 Å². The van der Waals surface area contributed by atoms with E-state index in [4.69, 9.17) is 9.47 Å². The average Bonchev–Trinajstić information content (AvgIpc) is 2.60. The maximum absolute atomic E-state index is 12.9. The molecule has 0 unspecified atom stereocenters. The van der Waals surface area contributed by atoms with Gasteiger partial charge in [0.25, 0.3) is 10.0 Å². The molecule has 0 fully saturated rings. The number of ether oxygens (including phenoxy) is 2. The lowest BCUT2D eigenvalue weighted by Crippen LogP contribution is -2.27. The highest BCUT2D eigenvalue weighted by Gasteiger charge is 2.23. The number of rotatable bonds is 6. The highest BCUT2D eigenvalue weighted by Crippen LogP contribution is 2.36. The maximum Gasteiger partial charge on any atom is 0.263 e. The van der Waals surface area contributed by atoms with Crippen LogP contribution in [-0.4, -0.2) is 28.5 Å². The lowest BCUT2D eigenvalue weighted by molar-refractivity contribution is -0.123. The number of anilines is 2. The molecule has 2 aromatic carbocycles. The Bertz CT molecular complexity index is 984. The molecule has 1 amide bonds. The van der Waals surface area contributed by atoms with Crippen LogP contribution in [0.1, 0.15) is 20.8 Å². The zero-order valence-electron chi connectivity index (χ0n) is 16.3. The second kappa shape index (κ2) is 8.40. The van der Waals surface area contributed by atoms with Crippen molar-refractivity contribution >= 4 is 43.2 Å². The summed E-state index contributed by atoms with van der Waals surface area (Å²) in [6.45, 7) is 5.39. The number of hydrogen-bond donors (Lipinski definition) is 2. The average molecular weight is 471 g/mol. The molecule has 0 spiro atoms. The van der Waals surface area contributed by atoms with Crippen LogP contribution in [0.25, 0.3) is 0 Å². The molecule has 0 aliphatic rings. The van der Waals surface area contributed by atoms with Crippen molar-refractivity contribution in [3.8, 4) is 11.5 Å². The van der Waals surface area contributed by atoms with E-state index in [1.807, 2.05) is 0 Å². The minimum Gasteiger partial charge on any atom is -0.493 e. The van der Waals surface area contributed by atoms with Gasteiger partial charge in [-0.2, -0.15) is 0 Å². The summed E-state index contributed by atoms with van der Waals surface area (Å²) in [6.07, 6.45) is 0. The van der Waals surface area contributed by atoms with Crippen LogP contribution < -0.4 is 19.5 Å². The maximum atomic E-state index is 12.9. The summed E-state index contributed by atoms with van der Waals surface area (Å²) in [5, 5.41) is 2.77. The van der Waals surface area contributed by atoms with E-state index in [0.717, 1.165) is 0 Å². The first-order valence-electron chi connectivity index (χ1n) is 8.34. The highest BCUT2D eigenvalue weighted by molar-refractivity contribution is 9.10. The molecule has 0 radical (unpaired) electrons. The molecule has 28 heavy (non-hydrogen) atoms. The van der Waals surface area contributed by atoms with Crippen LogP contribution in [-0.2, 0) is 14.8 Å². The van der Waals surface area contributed by atoms with E-state index in [2.05, 4.69) is 26.0 Å². The number of methoxy groups -OCH3 is 2. The van der Waals surface area contributed by atoms with Gasteiger partial charge in [0, 0.05) is 21.6 Å². The van der Waals surface area contributed by atoms with Crippen molar-refractivity contribution in [2.45, 2.75) is 25.7 Å². The van der Waals surface area contributed by atoms with Gasteiger partial charge < -0.3 is 14.8 Å². The Labute approximate surface area is 173 Å². The minimum atomic E-state index is -3.92. The van der Waals surface area contributed by atoms with Gasteiger partial charge in [-0.05, 0) is 40.2 Å². The summed E-state index contributed by atoms with van der Waals surface area (Å²) in [5.74, 6) is 0.521. The van der Waals surface area contributed by atoms with Gasteiger partial charge in [0.1, 0.15) is 4.90 Å². The molecule has 0 aliphatic heterocycles. The van der Waals surface area contributed by atoms with E-state index in [0.29, 0.717) is 21.6 Å². The first-order valence-corrected chi connectivity index (χ1v) is 10.6. The van der Waals surface area contributed by atoms with E-state index in [1.165, 1.54) is 26.4 Å². The third kappa shape index (κ3) is 5.17. The molecule has 0 bridgehead atoms. The number of halogens is 1. The molecule has 152 valence electrons. The third-order valence-electron chi connectivity index (χ3n) is 3.78. The van der Waals surface area contributed by atoms with Crippen molar-refractivity contribution in [2.75, 3.05) is 24.3 Å². The molecule has 0 heterocycles. The first kappa shape index (κ1) is 22.0. The number of hydrogen-bond acceptors (Lipinski definition) is 5. The Kier molecular flexibility index (Phi) is 6.61. The van der Waals surface area contributed by atoms with Crippen molar-refractivity contribution in [1.82, 2.24) is 0 Å². The van der Waals surface area contributed by atoms with Gasteiger partial charge in [-0.15, -0.1) is 0 Å². The molecule has 9 heteroatoms. The molecule has 0 aliphatic carbocycles. The Morgan fingerprint density at radius 3 is 2.14 bits per heavy atom. The van der Waals surface area contributed by atoms with Gasteiger partial charge in [0.15, 0.2) is 11.5 Å². The number of sulfonamides is 1. The van der Waals surface area contributed by atoms with Gasteiger partial charge in [-0.1, -0.05) is 26.8 Å². The van der Waals surface area contributed by atoms with Crippen LogP contribution in [0.5, 0.6) is 11.5 Å². The van der Waals surface area contributed by atoms with Crippen LogP contribution in [0.4, 0.5) is 11.4 Å². The first-order chi connectivity index (χ1) is 13.0. The Balaban J connectivity index is 2.33. The van der Waals surface area contributed by atoms with E-state index in [1.54, 1.807) is 45.0 Å². The second-order valence-electron chi connectivity index (χ2n) is 7.03. The van der Waals surface area contributed by atoms with E-state index >= 15 is 0 Å². The van der Waals surface area contributed by atoms with Crippen LogP contribution in [0.2, 0.25) is 0 Å². The lowest BCUT2D eigenvalue weighted by atomic mass is 9.95. The van der Waals surface area contributed by atoms with Crippen molar-refractivity contribution in [3.05, 3.63) is 40.9 Å². The van der Waals surface area contributed by atoms with Crippen molar-refractivity contribution in [2.24, 2.45) is 5.41 Å². The number of benzene rings is 2. The summed E-state index contributed by atoms with van der Waals surface area (Å²) in [6, 6.07) is 9.38. The summed E-state index contributed by atoms with van der Waals surface area (Å²) in [7, 11) is -1.03. The van der Waals surface area contributed by atoms with E-state index in [-0.39, 0.29) is 16.6 Å². The molecule has 7 nitrogen and oxygen atoms in total. The second-order valence-corrected chi connectivity index (χ2v) is 9.53. The summed E-state index contributed by atoms with van der Waals surface area (Å²) < 4.78 is 38.9. The van der Waals surface area contributed by atoms with Crippen LogP contribution in [0, 0.1) is 5.41 Å². The molecule has 0 atom stereocenters. The van der Waals surface area contributed by atoms with Gasteiger partial charge >= 0.3 is 0 Å². The lowest BCUT2D eigenvalue weighted by Gasteiger charge is -2.18. The summed E-state index contributed by atoms with van der Waals surface area (Å²) in [5.41, 5.74) is 0.236. The zero-order valence-corrected chi connectivity index (χ0v) is 18.7. The van der Waals surface area contributed by atoms with E-state index < -0.39 is 15.4 Å². The van der Waals surface area contributed by atoms with Crippen molar-refractivity contribution in [3.63, 3.8) is 0 Å². The number of carbonyl (C=O) groups excluding carboxylic acids is 1. The number of amides is 1. The van der Waals surface area contributed by atoms with Gasteiger partial charge in [-0.25, -0.2) is 8.42 Å². The normalized spacial score (nSPS) is 11.6. The van der Waals surface area contributed by atoms with Crippen molar-refractivity contribution in [1.29, 1.82) is 0 Å². The smallest absolute Gasteiger partial charge is 0.263 e. The fourth-order valence-corrected chi connectivity index (χ4v) is 4.32. The molecule has 2 aromatic rings. The SMILES string of the molecule is COc1cc(Br)c(S(=O)(=O)Nc2cccc(NC(=O)C(C)(C)C)c2)cc1OC. The molecular formula is C19H23BrN2O5S. The molecule has 2 N–H and O–H groups in total. The standard InChI is InChI=1S/C19H23BrN2O5S/c1-19(2,3)18(23)21-12-7-6-8-13(9-12)22-28(24,25)17-11-16(27-5)15(26-4)10-14(17)20/h6-11,22H,1-5H3,(H,21,23). The van der Waals surface area contributed by atoms with Crippen molar-refractivity contribution < 1.29 is 22.7 Å². The summed E-state index contributed by atoms with van der Waals surface area (Å²) >= 11 is 3.26. The quantitative estimate of drug-likeness (QED) is 0.657. The predicted octanol–water partition coefficient (Wildman–Crippen LogP) is 4.25. The zero-order chi connectivity index (χ0) is 21.1. The molecule has 0 aromatic heterocycles. The van der Waals surface area contributed by atoms with Crippen LogP contribution in [0.3, 0.4) is 0 Å². The molecular weight excluding hydrogens is 448 g/mol. The predicted molar refractivity (Wildman–Crippen MR) is 113 cm³/mol. The van der Waals surface area contributed by atoms with Crippen LogP contribution >= 0.6 is 15.9 Å². The number of carbonyl (C=O) groups is 1. The third-order valence-corrected chi connectivity index (χ3v) is 6.12. The monoisotopic (exact) mass is 470 g/mol. The fraction of sp³-hybridized carbons (Fsp3) is 0.316. The largest absolute Gasteiger partial charge is 0.493 e. The molecule has 0 saturated heterocycles. The minimum absolute atomic E-state index is 0.00530. The number of nitrogens with one attached hydrogen (secondary N) is 2. The topological polar surface area (TPSA) is 93.7 Å². The molecule has 0 saturated carbocycles. The summed E-state index contributed by atoms with van der Waals surface area (Å²) in [4.78, 5) is 12.1. The van der Waals surface area contributed by atoms with Crippen LogP contribution in [0.15, 0.2) is 45.8 Å². The van der Waals surface area contributed by atoms with Gasteiger partial charge in [0.05, 0.1) is 19.9 Å². The van der Waals surface area contributed by atoms with E-state index in [9.17, 15) is 13.2 Å². The van der Waals surface area contributed by atoms with Gasteiger partial charge in [-0.3, -0.25) is 9.52 Å². The fourth-order valence-electron chi connectivity index (χ4n) is 2.23. The Hall–Kier alpha value is -2.26.